The lowest BCUT2D eigenvalue weighted by molar-refractivity contribution is -0.118. The Balaban J connectivity index is 1.50. The zero-order valence-corrected chi connectivity index (χ0v) is 13.5. The van der Waals surface area contributed by atoms with Crippen LogP contribution in [-0.4, -0.2) is 17.5 Å². The van der Waals surface area contributed by atoms with Gasteiger partial charge in [0.15, 0.2) is 6.61 Å². The molecule has 0 saturated carbocycles. The zero-order valence-electron chi connectivity index (χ0n) is 13.5. The topological polar surface area (TPSA) is 51.2 Å². The van der Waals surface area contributed by atoms with Crippen molar-refractivity contribution in [1.82, 2.24) is 4.98 Å². The number of carbonyl (C=O) groups excluding carboxylic acids is 1. The highest BCUT2D eigenvalue weighted by molar-refractivity contribution is 6.01. The predicted molar refractivity (Wildman–Crippen MR) is 99.8 cm³/mol. The van der Waals surface area contributed by atoms with Gasteiger partial charge in [-0.1, -0.05) is 42.5 Å². The summed E-state index contributed by atoms with van der Waals surface area (Å²) < 4.78 is 5.74. The summed E-state index contributed by atoms with van der Waals surface area (Å²) in [5, 5.41) is 5.88. The molecular weight excluding hydrogens is 312 g/mol. The van der Waals surface area contributed by atoms with Crippen LogP contribution in [0.3, 0.4) is 0 Å². The van der Waals surface area contributed by atoms with Crippen molar-refractivity contribution >= 4 is 33.3 Å². The average molecular weight is 328 g/mol. The first-order valence-corrected chi connectivity index (χ1v) is 8.05. The Morgan fingerprint density at radius 1 is 0.880 bits per heavy atom. The van der Waals surface area contributed by atoms with Crippen LogP contribution in [0.1, 0.15) is 0 Å². The monoisotopic (exact) mass is 328 g/mol. The van der Waals surface area contributed by atoms with E-state index >= 15 is 0 Å². The minimum absolute atomic E-state index is 0.0509. The van der Waals surface area contributed by atoms with Crippen LogP contribution in [-0.2, 0) is 4.79 Å². The molecule has 0 radical (unpaired) electrons. The number of nitrogens with one attached hydrogen (secondary N) is 1. The summed E-state index contributed by atoms with van der Waals surface area (Å²) in [6.07, 6.45) is 1.73. The van der Waals surface area contributed by atoms with E-state index in [1.54, 1.807) is 6.20 Å². The first kappa shape index (κ1) is 15.1. The molecule has 122 valence electrons. The van der Waals surface area contributed by atoms with E-state index in [-0.39, 0.29) is 12.5 Å². The van der Waals surface area contributed by atoms with Crippen molar-refractivity contribution in [3.05, 3.63) is 79.0 Å². The van der Waals surface area contributed by atoms with E-state index < -0.39 is 0 Å². The van der Waals surface area contributed by atoms with E-state index in [4.69, 9.17) is 4.74 Å². The molecule has 0 aliphatic heterocycles. The zero-order chi connectivity index (χ0) is 17.1. The summed E-state index contributed by atoms with van der Waals surface area (Å²) in [5.41, 5.74) is 1.58. The van der Waals surface area contributed by atoms with Crippen LogP contribution in [0.25, 0.3) is 21.7 Å². The van der Waals surface area contributed by atoms with Crippen molar-refractivity contribution in [2.75, 3.05) is 11.9 Å². The highest BCUT2D eigenvalue weighted by atomic mass is 16.5. The van der Waals surface area contributed by atoms with Crippen LogP contribution < -0.4 is 10.1 Å². The number of hydrogen-bond donors (Lipinski definition) is 1. The van der Waals surface area contributed by atoms with Gasteiger partial charge in [-0.2, -0.15) is 0 Å². The average Bonchev–Trinajstić information content (AvgIpc) is 2.66. The van der Waals surface area contributed by atoms with E-state index in [9.17, 15) is 4.79 Å². The highest BCUT2D eigenvalue weighted by Gasteiger charge is 2.08. The third kappa shape index (κ3) is 3.15. The molecule has 1 aromatic heterocycles. The second-order valence-corrected chi connectivity index (χ2v) is 5.69. The maximum Gasteiger partial charge on any atom is 0.262 e. The van der Waals surface area contributed by atoms with Gasteiger partial charge in [0, 0.05) is 17.0 Å². The molecule has 0 saturated heterocycles. The van der Waals surface area contributed by atoms with Crippen molar-refractivity contribution in [3.8, 4) is 5.75 Å². The molecule has 0 aliphatic carbocycles. The minimum atomic E-state index is -0.204. The Hall–Kier alpha value is -3.40. The van der Waals surface area contributed by atoms with E-state index in [0.29, 0.717) is 5.75 Å². The second-order valence-electron chi connectivity index (χ2n) is 5.69. The van der Waals surface area contributed by atoms with Crippen LogP contribution in [0.2, 0.25) is 0 Å². The second kappa shape index (κ2) is 6.61. The van der Waals surface area contributed by atoms with E-state index in [0.717, 1.165) is 27.4 Å². The van der Waals surface area contributed by atoms with Gasteiger partial charge in [0.1, 0.15) is 5.75 Å². The largest absolute Gasteiger partial charge is 0.483 e. The van der Waals surface area contributed by atoms with E-state index in [1.807, 2.05) is 72.8 Å². The van der Waals surface area contributed by atoms with Gasteiger partial charge >= 0.3 is 0 Å². The van der Waals surface area contributed by atoms with Crippen LogP contribution in [0, 0.1) is 0 Å². The number of nitrogens with zero attached hydrogens (tertiary/aromatic N) is 1. The molecule has 1 amide bonds. The fourth-order valence-corrected chi connectivity index (χ4v) is 2.86. The quantitative estimate of drug-likeness (QED) is 0.604. The molecule has 0 bridgehead atoms. The molecule has 25 heavy (non-hydrogen) atoms. The summed E-state index contributed by atoms with van der Waals surface area (Å²) in [6, 6.07) is 23.2. The first-order chi connectivity index (χ1) is 12.3. The van der Waals surface area contributed by atoms with Gasteiger partial charge in [-0.3, -0.25) is 9.78 Å². The molecule has 4 nitrogen and oxygen atoms in total. The third-order valence-corrected chi connectivity index (χ3v) is 4.03. The normalized spacial score (nSPS) is 10.7. The summed E-state index contributed by atoms with van der Waals surface area (Å²) in [6.45, 7) is -0.0509. The Kier molecular flexibility index (Phi) is 4.01. The van der Waals surface area contributed by atoms with Crippen LogP contribution in [0.15, 0.2) is 79.0 Å². The van der Waals surface area contributed by atoms with Gasteiger partial charge in [-0.25, -0.2) is 0 Å². The van der Waals surface area contributed by atoms with Crippen LogP contribution >= 0.6 is 0 Å². The van der Waals surface area contributed by atoms with Gasteiger partial charge in [0.2, 0.25) is 0 Å². The summed E-state index contributed by atoms with van der Waals surface area (Å²) in [4.78, 5) is 16.6. The number of aromatic nitrogens is 1. The van der Waals surface area contributed by atoms with Crippen LogP contribution in [0.5, 0.6) is 5.75 Å². The van der Waals surface area contributed by atoms with Gasteiger partial charge in [-0.05, 0) is 35.7 Å². The number of rotatable bonds is 4. The molecule has 3 aromatic carbocycles. The molecular formula is C21H16N2O2. The molecule has 4 aromatic rings. The standard InChI is InChI=1S/C21H16N2O2/c24-21(23-19-11-4-10-18-17(19)9-5-13-22-18)14-25-20-12-3-7-15-6-1-2-8-16(15)20/h1-13H,14H2,(H,23,24). The van der Waals surface area contributed by atoms with Crippen molar-refractivity contribution < 1.29 is 9.53 Å². The van der Waals surface area contributed by atoms with Crippen molar-refractivity contribution in [1.29, 1.82) is 0 Å². The molecule has 1 N–H and O–H groups in total. The number of pyridine rings is 1. The van der Waals surface area contributed by atoms with Gasteiger partial charge in [0.05, 0.1) is 11.2 Å². The minimum Gasteiger partial charge on any atom is -0.483 e. The maximum atomic E-state index is 12.3. The number of amides is 1. The maximum absolute atomic E-state index is 12.3. The smallest absolute Gasteiger partial charge is 0.262 e. The molecule has 0 unspecified atom stereocenters. The molecule has 0 fully saturated rings. The molecule has 4 rings (SSSR count). The highest BCUT2D eigenvalue weighted by Crippen LogP contribution is 2.25. The fraction of sp³-hybridized carbons (Fsp3) is 0.0476. The predicted octanol–water partition coefficient (Wildman–Crippen LogP) is 4.41. The lowest BCUT2D eigenvalue weighted by Gasteiger charge is -2.11. The fourth-order valence-electron chi connectivity index (χ4n) is 2.86. The number of benzene rings is 3. The number of carbonyl (C=O) groups is 1. The Labute approximate surface area is 145 Å². The Bertz CT molecular complexity index is 1050. The van der Waals surface area contributed by atoms with Gasteiger partial charge in [0.25, 0.3) is 5.91 Å². The molecule has 1 heterocycles. The number of hydrogen-bond acceptors (Lipinski definition) is 3. The Morgan fingerprint density at radius 2 is 1.68 bits per heavy atom. The number of ether oxygens (including phenoxy) is 1. The number of anilines is 1. The molecule has 0 atom stereocenters. The van der Waals surface area contributed by atoms with Crippen LogP contribution in [0.4, 0.5) is 5.69 Å². The summed E-state index contributed by atoms with van der Waals surface area (Å²) >= 11 is 0. The number of fused-ring (bicyclic) bond motifs is 2. The molecule has 0 aliphatic rings. The first-order valence-electron chi connectivity index (χ1n) is 8.05. The van der Waals surface area contributed by atoms with Gasteiger partial charge in [-0.15, -0.1) is 0 Å². The lowest BCUT2D eigenvalue weighted by atomic mass is 10.1. The van der Waals surface area contributed by atoms with E-state index in [2.05, 4.69) is 10.3 Å². The van der Waals surface area contributed by atoms with Gasteiger partial charge < -0.3 is 10.1 Å². The van der Waals surface area contributed by atoms with Crippen molar-refractivity contribution in [2.45, 2.75) is 0 Å². The SMILES string of the molecule is O=C(COc1cccc2ccccc12)Nc1cccc2ncccc12. The molecule has 0 spiro atoms. The summed E-state index contributed by atoms with van der Waals surface area (Å²) in [7, 11) is 0. The lowest BCUT2D eigenvalue weighted by Crippen LogP contribution is -2.20. The van der Waals surface area contributed by atoms with Crippen molar-refractivity contribution in [3.63, 3.8) is 0 Å². The third-order valence-electron chi connectivity index (χ3n) is 4.03. The van der Waals surface area contributed by atoms with E-state index in [1.165, 1.54) is 0 Å². The molecule has 4 heteroatoms. The Morgan fingerprint density at radius 3 is 2.64 bits per heavy atom. The van der Waals surface area contributed by atoms with Crippen molar-refractivity contribution in [2.24, 2.45) is 0 Å². The summed E-state index contributed by atoms with van der Waals surface area (Å²) in [5.74, 6) is 0.497.